The smallest absolute Gasteiger partial charge is 0.306 e. The van der Waals surface area contributed by atoms with E-state index in [1.807, 2.05) is 6.92 Å². The van der Waals surface area contributed by atoms with Crippen LogP contribution in [-0.2, 0) is 9.53 Å². The van der Waals surface area contributed by atoms with Crippen LogP contribution in [0.2, 0.25) is 0 Å². The molecule has 0 N–H and O–H groups in total. The van der Waals surface area contributed by atoms with Gasteiger partial charge >= 0.3 is 5.97 Å². The first-order valence-corrected chi connectivity index (χ1v) is 6.97. The molecular weight excluding hydrogens is 256 g/mol. The van der Waals surface area contributed by atoms with Gasteiger partial charge in [-0.05, 0) is 49.9 Å². The lowest BCUT2D eigenvalue weighted by Crippen LogP contribution is -2.20. The summed E-state index contributed by atoms with van der Waals surface area (Å²) < 4.78 is 5.07. The molecule has 15 heavy (non-hydrogen) atoms. The minimum atomic E-state index is 0.00442. The van der Waals surface area contributed by atoms with Crippen LogP contribution in [0.25, 0.3) is 0 Å². The lowest BCUT2D eigenvalue weighted by Gasteiger charge is -2.26. The van der Waals surface area contributed by atoms with Gasteiger partial charge in [-0.2, -0.15) is 0 Å². The van der Waals surface area contributed by atoms with Gasteiger partial charge in [0.2, 0.25) is 0 Å². The van der Waals surface area contributed by atoms with Gasteiger partial charge in [0.1, 0.15) is 0 Å². The monoisotopic (exact) mass is 274 g/mol. The number of carbonyl (C=O) groups excluding carboxylic acids is 1. The zero-order valence-corrected chi connectivity index (χ0v) is 10.9. The number of ether oxygens (including phenoxy) is 1. The van der Waals surface area contributed by atoms with Crippen LogP contribution in [-0.4, -0.2) is 17.9 Å². The summed E-state index contributed by atoms with van der Waals surface area (Å²) in [6, 6.07) is 0. The standard InChI is InChI=1S/C12H19BrO2/c1-2-15-10(14)7-11-3-5-12(8-11,9-13)6-4-11/h2-9H2,1H3. The van der Waals surface area contributed by atoms with Gasteiger partial charge < -0.3 is 4.74 Å². The van der Waals surface area contributed by atoms with E-state index in [0.717, 1.165) is 5.33 Å². The summed E-state index contributed by atoms with van der Waals surface area (Å²) in [7, 11) is 0. The average Bonchev–Trinajstić information content (AvgIpc) is 2.74. The molecule has 0 spiro atoms. The van der Waals surface area contributed by atoms with Gasteiger partial charge in [0.05, 0.1) is 13.0 Å². The van der Waals surface area contributed by atoms with Crippen molar-refractivity contribution in [2.75, 3.05) is 11.9 Å². The van der Waals surface area contributed by atoms with Gasteiger partial charge in [0.25, 0.3) is 0 Å². The molecule has 0 radical (unpaired) electrons. The number of esters is 1. The van der Waals surface area contributed by atoms with Crippen LogP contribution in [0.5, 0.6) is 0 Å². The fourth-order valence-corrected chi connectivity index (χ4v) is 4.16. The third-order valence-electron chi connectivity index (χ3n) is 4.23. The van der Waals surface area contributed by atoms with Gasteiger partial charge in [-0.1, -0.05) is 15.9 Å². The van der Waals surface area contributed by atoms with E-state index in [-0.39, 0.29) is 5.97 Å². The van der Waals surface area contributed by atoms with E-state index >= 15 is 0 Å². The summed E-state index contributed by atoms with van der Waals surface area (Å²) in [5.41, 5.74) is 0.798. The molecule has 0 aromatic heterocycles. The van der Waals surface area contributed by atoms with Gasteiger partial charge in [0, 0.05) is 5.33 Å². The molecule has 2 fully saturated rings. The maximum absolute atomic E-state index is 11.5. The lowest BCUT2D eigenvalue weighted by molar-refractivity contribution is -0.145. The Hall–Kier alpha value is -0.0500. The van der Waals surface area contributed by atoms with Crippen LogP contribution in [0.3, 0.4) is 0 Å². The van der Waals surface area contributed by atoms with Crippen molar-refractivity contribution >= 4 is 21.9 Å². The van der Waals surface area contributed by atoms with Gasteiger partial charge in [0.15, 0.2) is 0 Å². The van der Waals surface area contributed by atoms with E-state index in [9.17, 15) is 4.79 Å². The Balaban J connectivity index is 1.96. The van der Waals surface area contributed by atoms with Crippen LogP contribution in [0.1, 0.15) is 45.4 Å². The molecule has 0 aromatic rings. The van der Waals surface area contributed by atoms with E-state index in [0.29, 0.717) is 23.9 Å². The predicted molar refractivity (Wildman–Crippen MR) is 63.0 cm³/mol. The number of hydrogen-bond acceptors (Lipinski definition) is 2. The largest absolute Gasteiger partial charge is 0.466 e. The summed E-state index contributed by atoms with van der Waals surface area (Å²) in [5, 5.41) is 1.10. The van der Waals surface area contributed by atoms with Crippen LogP contribution in [0, 0.1) is 10.8 Å². The van der Waals surface area contributed by atoms with Crippen molar-refractivity contribution in [1.29, 1.82) is 0 Å². The van der Waals surface area contributed by atoms with Crippen molar-refractivity contribution in [3.63, 3.8) is 0 Å². The third kappa shape index (κ3) is 2.08. The number of rotatable bonds is 4. The minimum absolute atomic E-state index is 0.00442. The quantitative estimate of drug-likeness (QED) is 0.581. The zero-order valence-electron chi connectivity index (χ0n) is 9.35. The van der Waals surface area contributed by atoms with Gasteiger partial charge in [-0.25, -0.2) is 0 Å². The maximum atomic E-state index is 11.5. The first-order chi connectivity index (χ1) is 7.14. The Bertz CT molecular complexity index is 254. The van der Waals surface area contributed by atoms with Crippen molar-refractivity contribution in [2.45, 2.75) is 45.4 Å². The number of fused-ring (bicyclic) bond motifs is 2. The Morgan fingerprint density at radius 2 is 1.87 bits per heavy atom. The van der Waals surface area contributed by atoms with Gasteiger partial charge in [-0.3, -0.25) is 4.79 Å². The summed E-state index contributed by atoms with van der Waals surface area (Å²) in [4.78, 5) is 11.5. The second-order valence-corrected chi connectivity index (χ2v) is 5.85. The molecule has 0 atom stereocenters. The highest BCUT2D eigenvalue weighted by Crippen LogP contribution is 2.63. The minimum Gasteiger partial charge on any atom is -0.466 e. The Labute approximate surface area is 99.9 Å². The Morgan fingerprint density at radius 1 is 1.27 bits per heavy atom. The molecule has 2 aliphatic carbocycles. The van der Waals surface area contributed by atoms with E-state index in [4.69, 9.17) is 4.74 Å². The highest BCUT2D eigenvalue weighted by atomic mass is 79.9. The van der Waals surface area contributed by atoms with Crippen molar-refractivity contribution in [3.8, 4) is 0 Å². The van der Waals surface area contributed by atoms with Crippen LogP contribution >= 0.6 is 15.9 Å². The van der Waals surface area contributed by atoms with E-state index in [1.54, 1.807) is 0 Å². The molecule has 2 aliphatic rings. The van der Waals surface area contributed by atoms with E-state index in [1.165, 1.54) is 32.1 Å². The molecule has 0 heterocycles. The fraction of sp³-hybridized carbons (Fsp3) is 0.917. The second-order valence-electron chi connectivity index (χ2n) is 5.29. The van der Waals surface area contributed by atoms with Crippen molar-refractivity contribution in [1.82, 2.24) is 0 Å². The fourth-order valence-electron chi connectivity index (χ4n) is 3.40. The van der Waals surface area contributed by atoms with Crippen LogP contribution in [0.4, 0.5) is 0 Å². The topological polar surface area (TPSA) is 26.3 Å². The summed E-state index contributed by atoms with van der Waals surface area (Å²) in [6.45, 7) is 2.39. The van der Waals surface area contributed by atoms with Crippen molar-refractivity contribution in [2.24, 2.45) is 10.8 Å². The maximum Gasteiger partial charge on any atom is 0.306 e. The first kappa shape index (κ1) is 11.4. The predicted octanol–water partition coefficient (Wildman–Crippen LogP) is 3.29. The molecule has 0 saturated heterocycles. The Morgan fingerprint density at radius 3 is 2.33 bits per heavy atom. The van der Waals surface area contributed by atoms with Crippen LogP contribution in [0.15, 0.2) is 0 Å². The normalized spacial score (nSPS) is 38.3. The molecule has 2 bridgehead atoms. The lowest BCUT2D eigenvalue weighted by atomic mass is 9.80. The molecule has 2 nitrogen and oxygen atoms in total. The average molecular weight is 275 g/mol. The number of alkyl halides is 1. The highest BCUT2D eigenvalue weighted by molar-refractivity contribution is 9.09. The molecule has 3 heteroatoms. The molecular formula is C12H19BrO2. The number of halogens is 1. The molecule has 0 aromatic carbocycles. The molecule has 2 saturated carbocycles. The molecule has 0 aliphatic heterocycles. The summed E-state index contributed by atoms with van der Waals surface area (Å²) in [6.07, 6.45) is 6.89. The SMILES string of the molecule is CCOC(=O)CC12CCC(CBr)(CC1)C2. The van der Waals surface area contributed by atoms with E-state index in [2.05, 4.69) is 15.9 Å². The molecule has 86 valence electrons. The summed E-state index contributed by atoms with van der Waals surface area (Å²) in [5.74, 6) is 0.00442. The zero-order chi connectivity index (χ0) is 10.9. The van der Waals surface area contributed by atoms with Crippen molar-refractivity contribution < 1.29 is 9.53 Å². The number of carbonyl (C=O) groups is 1. The van der Waals surface area contributed by atoms with E-state index < -0.39 is 0 Å². The number of hydrogen-bond donors (Lipinski definition) is 0. The molecule has 0 unspecified atom stereocenters. The second kappa shape index (κ2) is 4.08. The molecule has 0 amide bonds. The first-order valence-electron chi connectivity index (χ1n) is 5.85. The van der Waals surface area contributed by atoms with Crippen LogP contribution < -0.4 is 0 Å². The Kier molecular flexibility index (Phi) is 3.11. The van der Waals surface area contributed by atoms with Gasteiger partial charge in [-0.15, -0.1) is 0 Å². The third-order valence-corrected chi connectivity index (χ3v) is 5.42. The highest BCUT2D eigenvalue weighted by Gasteiger charge is 2.54. The van der Waals surface area contributed by atoms with Crippen molar-refractivity contribution in [3.05, 3.63) is 0 Å². The molecule has 2 rings (SSSR count). The summed E-state index contributed by atoms with van der Waals surface area (Å²) >= 11 is 3.63.